The maximum absolute atomic E-state index is 13.2. The molecule has 1 amide bonds. The number of ether oxygens (including phenoxy) is 3. The number of hydrogen-bond donors (Lipinski definition) is 0. The van der Waals surface area contributed by atoms with Gasteiger partial charge < -0.3 is 28.9 Å². The van der Waals surface area contributed by atoms with Crippen LogP contribution >= 0.6 is 0 Å². The summed E-state index contributed by atoms with van der Waals surface area (Å²) in [6.07, 6.45) is 2.27. The molecule has 2 fully saturated rings. The van der Waals surface area contributed by atoms with Crippen LogP contribution in [0.25, 0.3) is 15.6 Å². The summed E-state index contributed by atoms with van der Waals surface area (Å²) in [5.41, 5.74) is 5.16. The highest BCUT2D eigenvalue weighted by molar-refractivity contribution is 5.89. The van der Waals surface area contributed by atoms with E-state index in [1.54, 1.807) is 4.90 Å². The monoisotopic (exact) mass is 646 g/mol. The number of likely N-dealkylation sites (tertiary alicyclic amines) is 1. The molecule has 3 aromatic carbocycles. The van der Waals surface area contributed by atoms with E-state index in [0.717, 1.165) is 47.6 Å². The molecule has 4 heterocycles. The summed E-state index contributed by atoms with van der Waals surface area (Å²) in [6, 6.07) is 22.8. The number of aromatic nitrogens is 2. The van der Waals surface area contributed by atoms with E-state index in [-0.39, 0.29) is 25.3 Å². The fourth-order valence-electron chi connectivity index (χ4n) is 7.30. The number of anilines is 1. The van der Waals surface area contributed by atoms with Gasteiger partial charge in [-0.3, -0.25) is 4.90 Å². The van der Waals surface area contributed by atoms with E-state index in [1.807, 2.05) is 30.3 Å². The van der Waals surface area contributed by atoms with Gasteiger partial charge in [0.1, 0.15) is 25.1 Å². The molecule has 0 spiro atoms. The molecule has 0 aliphatic carbocycles. The number of amides is 1. The highest BCUT2D eigenvalue weighted by Crippen LogP contribution is 2.38. The van der Waals surface area contributed by atoms with Gasteiger partial charge in [0.15, 0.2) is 0 Å². The van der Waals surface area contributed by atoms with Crippen LogP contribution in [0.1, 0.15) is 46.9 Å². The number of piperazine rings is 1. The lowest BCUT2D eigenvalue weighted by molar-refractivity contribution is 0.0263. The van der Waals surface area contributed by atoms with Gasteiger partial charge in [-0.25, -0.2) is 11.4 Å². The molecule has 7 rings (SSSR count). The third-order valence-corrected chi connectivity index (χ3v) is 9.95. The Kier molecular flexibility index (Phi) is 9.41. The zero-order chi connectivity index (χ0) is 33.0. The lowest BCUT2D eigenvalue weighted by atomic mass is 9.92. The maximum Gasteiger partial charge on any atom is 0.410 e. The summed E-state index contributed by atoms with van der Waals surface area (Å²) in [7, 11) is 2.14. The molecule has 0 radical (unpaired) electrons. The van der Waals surface area contributed by atoms with E-state index < -0.39 is 6.09 Å². The minimum atomic E-state index is -0.405. The largest absolute Gasteiger partial charge is 0.462 e. The van der Waals surface area contributed by atoms with Crippen molar-refractivity contribution in [3.8, 4) is 6.01 Å². The molecule has 48 heavy (non-hydrogen) atoms. The van der Waals surface area contributed by atoms with E-state index in [1.165, 1.54) is 16.3 Å². The van der Waals surface area contributed by atoms with Crippen LogP contribution in [-0.2, 0) is 29.1 Å². The second-order valence-corrected chi connectivity index (χ2v) is 13.0. The van der Waals surface area contributed by atoms with Gasteiger partial charge in [0, 0.05) is 37.7 Å². The van der Waals surface area contributed by atoms with Crippen LogP contribution in [0.15, 0.2) is 66.7 Å². The predicted octanol–water partition coefficient (Wildman–Crippen LogP) is 5.97. The Balaban J connectivity index is 1.16. The molecule has 3 atom stereocenters. The van der Waals surface area contributed by atoms with Crippen molar-refractivity contribution in [3.05, 3.63) is 106 Å². The van der Waals surface area contributed by atoms with E-state index in [0.29, 0.717) is 51.3 Å². The van der Waals surface area contributed by atoms with Crippen molar-refractivity contribution in [2.75, 3.05) is 51.3 Å². The van der Waals surface area contributed by atoms with E-state index >= 15 is 0 Å². The Hall–Kier alpha value is -4.72. The number of rotatable bonds is 8. The molecule has 1 unspecified atom stereocenters. The van der Waals surface area contributed by atoms with Crippen LogP contribution in [0.4, 0.5) is 10.6 Å². The van der Waals surface area contributed by atoms with Gasteiger partial charge in [0.25, 0.3) is 0 Å². The van der Waals surface area contributed by atoms with Gasteiger partial charge >= 0.3 is 12.1 Å². The molecule has 0 N–H and O–H groups in total. The predicted molar refractivity (Wildman–Crippen MR) is 184 cm³/mol. The third kappa shape index (κ3) is 6.66. The number of hydrogen-bond acceptors (Lipinski definition) is 8. The average Bonchev–Trinajstić information content (AvgIpc) is 3.53. The number of benzene rings is 3. The molecule has 4 aromatic rings. The van der Waals surface area contributed by atoms with E-state index in [9.17, 15) is 4.79 Å². The molecular formula is C38H42N6O4. The Morgan fingerprint density at radius 2 is 1.85 bits per heavy atom. The van der Waals surface area contributed by atoms with Crippen molar-refractivity contribution in [2.24, 2.45) is 0 Å². The quantitative estimate of drug-likeness (QED) is 0.217. The zero-order valence-corrected chi connectivity index (χ0v) is 27.7. The molecule has 0 saturated carbocycles. The summed E-state index contributed by atoms with van der Waals surface area (Å²) in [4.78, 5) is 33.1. The first-order chi connectivity index (χ1) is 23.5. The Morgan fingerprint density at radius 3 is 2.65 bits per heavy atom. The lowest BCUT2D eigenvalue weighted by Crippen LogP contribution is -2.57. The van der Waals surface area contributed by atoms with E-state index in [2.05, 4.69) is 65.0 Å². The van der Waals surface area contributed by atoms with Crippen LogP contribution in [0, 0.1) is 13.5 Å². The van der Waals surface area contributed by atoms with Crippen LogP contribution in [0.2, 0.25) is 0 Å². The maximum atomic E-state index is 13.2. The molecule has 0 bridgehead atoms. The first-order valence-corrected chi connectivity index (χ1v) is 16.9. The summed E-state index contributed by atoms with van der Waals surface area (Å²) in [5.74, 6) is 0.759. The van der Waals surface area contributed by atoms with Gasteiger partial charge in [-0.15, -0.1) is 0 Å². The van der Waals surface area contributed by atoms with Gasteiger partial charge in [-0.05, 0) is 60.8 Å². The van der Waals surface area contributed by atoms with Crippen LogP contribution in [-0.4, -0.2) is 84.3 Å². The molecule has 10 nitrogen and oxygen atoms in total. The number of aryl methyl sites for hydroxylation is 1. The van der Waals surface area contributed by atoms with Crippen LogP contribution in [0.5, 0.6) is 6.01 Å². The number of carbonyl (C=O) groups is 1. The zero-order valence-electron chi connectivity index (χ0n) is 27.7. The van der Waals surface area contributed by atoms with Crippen molar-refractivity contribution in [3.63, 3.8) is 0 Å². The van der Waals surface area contributed by atoms with Crippen molar-refractivity contribution < 1.29 is 19.0 Å². The number of carbonyl (C=O) groups excluding carboxylic acids is 1. The average molecular weight is 647 g/mol. The normalized spacial score (nSPS) is 21.1. The number of likely N-dealkylation sites (N-methyl/N-ethyl adjacent to an activating group) is 1. The molecule has 10 heteroatoms. The number of fused-ring (bicyclic) bond motifs is 2. The van der Waals surface area contributed by atoms with Crippen molar-refractivity contribution in [1.29, 1.82) is 0 Å². The van der Waals surface area contributed by atoms with Crippen LogP contribution < -0.4 is 9.64 Å². The van der Waals surface area contributed by atoms with Gasteiger partial charge in [0.2, 0.25) is 6.54 Å². The van der Waals surface area contributed by atoms with Crippen molar-refractivity contribution in [2.45, 2.75) is 57.6 Å². The van der Waals surface area contributed by atoms with Crippen molar-refractivity contribution in [1.82, 2.24) is 19.8 Å². The lowest BCUT2D eigenvalue weighted by Gasteiger charge is -2.40. The van der Waals surface area contributed by atoms with Gasteiger partial charge in [-0.1, -0.05) is 66.7 Å². The number of nitrogens with zero attached hydrogens (tertiary/aromatic N) is 6. The minimum absolute atomic E-state index is 0.162. The molecule has 3 aliphatic rings. The molecule has 2 saturated heterocycles. The van der Waals surface area contributed by atoms with Gasteiger partial charge in [0.05, 0.1) is 18.4 Å². The minimum Gasteiger partial charge on any atom is -0.462 e. The highest BCUT2D eigenvalue weighted by Gasteiger charge is 2.37. The smallest absolute Gasteiger partial charge is 0.410 e. The summed E-state index contributed by atoms with van der Waals surface area (Å²) >= 11 is 0. The molecular weight excluding hydrogens is 604 g/mol. The summed E-state index contributed by atoms with van der Waals surface area (Å²) in [5, 5.41) is 2.42. The fourth-order valence-corrected chi connectivity index (χ4v) is 7.30. The Morgan fingerprint density at radius 1 is 1.02 bits per heavy atom. The Bertz CT molecular complexity index is 1810. The fraction of sp³-hybridized carbons (Fsp3) is 0.421. The molecule has 1 aromatic heterocycles. The first kappa shape index (κ1) is 31.9. The molecule has 3 aliphatic heterocycles. The van der Waals surface area contributed by atoms with E-state index in [4.69, 9.17) is 30.8 Å². The third-order valence-electron chi connectivity index (χ3n) is 9.95. The first-order valence-electron chi connectivity index (χ1n) is 16.9. The Labute approximate surface area is 282 Å². The molecule has 248 valence electrons. The van der Waals surface area contributed by atoms with Crippen molar-refractivity contribution >= 4 is 22.7 Å². The summed E-state index contributed by atoms with van der Waals surface area (Å²) in [6.45, 7) is 13.5. The standard InChI is InChI=1S/C38H42N6O4/c1-26-10-7-13-28-14-8-16-31(35(26)28)34-20-33-32(25-46-34)36(41-37(40-33)47-24-29-15-9-17-42(29)3)43-18-19-44(30(22-43)21-39-2)38(45)48-23-27-11-5-4-6-12-27/h4-8,10-14,16,29-30,34H,9,15,17-25H2,1,3H3/t29-,30+,34?/m1/s1. The van der Waals surface area contributed by atoms with Crippen LogP contribution in [0.3, 0.4) is 0 Å². The SMILES string of the molecule is [C-]#[N+]C[C@H]1CN(c2nc(OC[C@H]3CCCN3C)nc3c2COC(c2cccc4cccc(C)c24)C3)CCN1C(=O)OCc1ccccc1. The highest BCUT2D eigenvalue weighted by atomic mass is 16.6. The topological polar surface area (TPSA) is 84.6 Å². The second-order valence-electron chi connectivity index (χ2n) is 13.0. The second kappa shape index (κ2) is 14.2. The van der Waals surface area contributed by atoms with Gasteiger partial charge in [-0.2, -0.15) is 9.97 Å². The summed E-state index contributed by atoms with van der Waals surface area (Å²) < 4.78 is 18.6.